The minimum absolute atomic E-state index is 0. The molecular formula is C16H22ClN3O2. The van der Waals surface area contributed by atoms with Gasteiger partial charge in [0, 0.05) is 44.2 Å². The molecule has 22 heavy (non-hydrogen) atoms. The molecule has 1 atom stereocenters. The zero-order valence-electron chi connectivity index (χ0n) is 12.5. The zero-order valence-corrected chi connectivity index (χ0v) is 13.3. The molecule has 2 N–H and O–H groups in total. The molecule has 0 aromatic heterocycles. The number of likely N-dealkylation sites (tertiary alicyclic amines) is 1. The van der Waals surface area contributed by atoms with Crippen LogP contribution in [0.1, 0.15) is 24.8 Å². The first-order valence-electron chi connectivity index (χ1n) is 7.57. The Balaban J connectivity index is 0.00000176. The SMILES string of the molecule is Cl.N[C@@H]1CCN(C(=O)CCN2C(=O)CCc3ccccc32)C1. The standard InChI is InChI=1S/C16H21N3O2.ClH/c17-13-7-9-18(11-13)15(20)8-10-19-14-4-2-1-3-12(14)5-6-16(19)21;/h1-4,13H,5-11,17H2;1H/t13-;/m1./s1. The molecule has 0 aliphatic carbocycles. The summed E-state index contributed by atoms with van der Waals surface area (Å²) in [5.41, 5.74) is 7.97. The molecule has 0 radical (unpaired) electrons. The van der Waals surface area contributed by atoms with Gasteiger partial charge in [-0.25, -0.2) is 0 Å². The molecule has 5 nitrogen and oxygen atoms in total. The van der Waals surface area contributed by atoms with Crippen LogP contribution in [0.2, 0.25) is 0 Å². The molecule has 0 unspecified atom stereocenters. The number of carbonyl (C=O) groups excluding carboxylic acids is 2. The van der Waals surface area contributed by atoms with Crippen molar-refractivity contribution in [2.24, 2.45) is 5.73 Å². The van der Waals surface area contributed by atoms with Crippen LogP contribution < -0.4 is 10.6 Å². The lowest BCUT2D eigenvalue weighted by Crippen LogP contribution is -2.39. The number of hydrogen-bond acceptors (Lipinski definition) is 3. The molecule has 2 aliphatic heterocycles. The maximum Gasteiger partial charge on any atom is 0.227 e. The molecule has 0 spiro atoms. The first-order chi connectivity index (χ1) is 10.1. The molecule has 1 saturated heterocycles. The van der Waals surface area contributed by atoms with Gasteiger partial charge in [0.2, 0.25) is 11.8 Å². The number of nitrogens with zero attached hydrogens (tertiary/aromatic N) is 2. The molecule has 1 aromatic carbocycles. The third-order valence-corrected chi connectivity index (χ3v) is 4.32. The van der Waals surface area contributed by atoms with Gasteiger partial charge in [-0.05, 0) is 24.5 Å². The fourth-order valence-corrected chi connectivity index (χ4v) is 3.12. The summed E-state index contributed by atoms with van der Waals surface area (Å²) in [6.07, 6.45) is 2.56. The Morgan fingerprint density at radius 1 is 1.27 bits per heavy atom. The van der Waals surface area contributed by atoms with Crippen molar-refractivity contribution < 1.29 is 9.59 Å². The van der Waals surface area contributed by atoms with Crippen molar-refractivity contribution in [1.29, 1.82) is 0 Å². The van der Waals surface area contributed by atoms with Crippen molar-refractivity contribution in [3.05, 3.63) is 29.8 Å². The lowest BCUT2D eigenvalue weighted by Gasteiger charge is -2.29. The highest BCUT2D eigenvalue weighted by Crippen LogP contribution is 2.27. The van der Waals surface area contributed by atoms with Gasteiger partial charge in [-0.2, -0.15) is 0 Å². The molecule has 2 amide bonds. The van der Waals surface area contributed by atoms with E-state index in [0.29, 0.717) is 25.9 Å². The Hall–Kier alpha value is -1.59. The molecule has 0 saturated carbocycles. The molecule has 3 rings (SSSR count). The van der Waals surface area contributed by atoms with E-state index in [1.807, 2.05) is 23.1 Å². The predicted molar refractivity (Wildman–Crippen MR) is 88.2 cm³/mol. The zero-order chi connectivity index (χ0) is 14.8. The summed E-state index contributed by atoms with van der Waals surface area (Å²) in [4.78, 5) is 27.9. The van der Waals surface area contributed by atoms with Gasteiger partial charge in [-0.1, -0.05) is 18.2 Å². The van der Waals surface area contributed by atoms with Gasteiger partial charge < -0.3 is 15.5 Å². The van der Waals surface area contributed by atoms with E-state index in [4.69, 9.17) is 5.73 Å². The van der Waals surface area contributed by atoms with Crippen LogP contribution in [0.25, 0.3) is 0 Å². The third kappa shape index (κ3) is 3.42. The number of rotatable bonds is 3. The van der Waals surface area contributed by atoms with Crippen molar-refractivity contribution in [3.8, 4) is 0 Å². The Morgan fingerprint density at radius 2 is 2.05 bits per heavy atom. The second-order valence-corrected chi connectivity index (χ2v) is 5.81. The van der Waals surface area contributed by atoms with E-state index >= 15 is 0 Å². The quantitative estimate of drug-likeness (QED) is 0.912. The van der Waals surface area contributed by atoms with Crippen LogP contribution in [-0.2, 0) is 16.0 Å². The van der Waals surface area contributed by atoms with Gasteiger partial charge >= 0.3 is 0 Å². The number of benzene rings is 1. The molecule has 1 aromatic rings. The van der Waals surface area contributed by atoms with E-state index in [9.17, 15) is 9.59 Å². The topological polar surface area (TPSA) is 66.6 Å². The van der Waals surface area contributed by atoms with Gasteiger partial charge in [0.1, 0.15) is 0 Å². The van der Waals surface area contributed by atoms with Crippen LogP contribution in [0.15, 0.2) is 24.3 Å². The van der Waals surface area contributed by atoms with Crippen LogP contribution >= 0.6 is 12.4 Å². The summed E-state index contributed by atoms with van der Waals surface area (Å²) in [5.74, 6) is 0.207. The number of carbonyl (C=O) groups is 2. The highest BCUT2D eigenvalue weighted by atomic mass is 35.5. The van der Waals surface area contributed by atoms with E-state index in [1.54, 1.807) is 4.90 Å². The number of amides is 2. The van der Waals surface area contributed by atoms with E-state index in [-0.39, 0.29) is 30.3 Å². The van der Waals surface area contributed by atoms with Crippen LogP contribution in [0, 0.1) is 0 Å². The van der Waals surface area contributed by atoms with E-state index in [0.717, 1.165) is 25.1 Å². The van der Waals surface area contributed by atoms with Crippen molar-refractivity contribution >= 4 is 29.9 Å². The molecule has 2 aliphatic rings. The third-order valence-electron chi connectivity index (χ3n) is 4.32. The number of para-hydroxylation sites is 1. The average Bonchev–Trinajstić information content (AvgIpc) is 2.92. The summed E-state index contributed by atoms with van der Waals surface area (Å²) in [7, 11) is 0. The molecule has 0 bridgehead atoms. The number of hydrogen-bond donors (Lipinski definition) is 1. The Morgan fingerprint density at radius 3 is 2.77 bits per heavy atom. The van der Waals surface area contributed by atoms with E-state index < -0.39 is 0 Å². The van der Waals surface area contributed by atoms with E-state index in [2.05, 4.69) is 6.07 Å². The van der Waals surface area contributed by atoms with Gasteiger partial charge in [0.25, 0.3) is 0 Å². The van der Waals surface area contributed by atoms with Crippen LogP contribution in [-0.4, -0.2) is 42.4 Å². The first kappa shape index (κ1) is 16.8. The van der Waals surface area contributed by atoms with Crippen LogP contribution in [0.4, 0.5) is 5.69 Å². The number of fused-ring (bicyclic) bond motifs is 1. The molecule has 6 heteroatoms. The Bertz CT molecular complexity index is 564. The average molecular weight is 324 g/mol. The lowest BCUT2D eigenvalue weighted by molar-refractivity contribution is -0.130. The summed E-state index contributed by atoms with van der Waals surface area (Å²) >= 11 is 0. The van der Waals surface area contributed by atoms with Crippen molar-refractivity contribution in [1.82, 2.24) is 4.90 Å². The second-order valence-electron chi connectivity index (χ2n) is 5.81. The van der Waals surface area contributed by atoms with Crippen LogP contribution in [0.5, 0.6) is 0 Å². The number of nitrogens with two attached hydrogens (primary N) is 1. The van der Waals surface area contributed by atoms with E-state index in [1.165, 1.54) is 5.56 Å². The molecule has 120 valence electrons. The second kappa shape index (κ2) is 7.11. The van der Waals surface area contributed by atoms with Gasteiger partial charge in [0.05, 0.1) is 0 Å². The predicted octanol–water partition coefficient (Wildman–Crippen LogP) is 1.34. The normalized spacial score (nSPS) is 20.6. The van der Waals surface area contributed by atoms with Crippen LogP contribution in [0.3, 0.4) is 0 Å². The Kier molecular flexibility index (Phi) is 5.42. The summed E-state index contributed by atoms with van der Waals surface area (Å²) in [5, 5.41) is 0. The minimum atomic E-state index is 0. The van der Waals surface area contributed by atoms with Crippen molar-refractivity contribution in [2.75, 3.05) is 24.5 Å². The number of halogens is 1. The number of anilines is 1. The fourth-order valence-electron chi connectivity index (χ4n) is 3.12. The highest BCUT2D eigenvalue weighted by molar-refractivity contribution is 5.97. The van der Waals surface area contributed by atoms with Gasteiger partial charge in [0.15, 0.2) is 0 Å². The largest absolute Gasteiger partial charge is 0.341 e. The fraction of sp³-hybridized carbons (Fsp3) is 0.500. The summed E-state index contributed by atoms with van der Waals surface area (Å²) < 4.78 is 0. The first-order valence-corrected chi connectivity index (χ1v) is 7.57. The molecule has 2 heterocycles. The Labute approximate surface area is 136 Å². The highest BCUT2D eigenvalue weighted by Gasteiger charge is 2.27. The summed E-state index contributed by atoms with van der Waals surface area (Å²) in [6, 6.07) is 8.04. The molecule has 1 fully saturated rings. The number of aryl methyl sites for hydroxylation is 1. The van der Waals surface area contributed by atoms with Gasteiger partial charge in [-0.15, -0.1) is 12.4 Å². The summed E-state index contributed by atoms with van der Waals surface area (Å²) in [6.45, 7) is 1.84. The monoisotopic (exact) mass is 323 g/mol. The maximum absolute atomic E-state index is 12.2. The molecular weight excluding hydrogens is 302 g/mol. The maximum atomic E-state index is 12.2. The minimum Gasteiger partial charge on any atom is -0.341 e. The van der Waals surface area contributed by atoms with Crippen molar-refractivity contribution in [2.45, 2.75) is 31.7 Å². The lowest BCUT2D eigenvalue weighted by atomic mass is 10.0. The van der Waals surface area contributed by atoms with Crippen molar-refractivity contribution in [3.63, 3.8) is 0 Å². The smallest absolute Gasteiger partial charge is 0.227 e. The van der Waals surface area contributed by atoms with Gasteiger partial charge in [-0.3, -0.25) is 9.59 Å².